The number of rotatable bonds is 4. The Kier molecular flexibility index (Phi) is 3.24. The molecule has 1 saturated carbocycles. The Labute approximate surface area is 113 Å². The minimum Gasteiger partial charge on any atom is -0.469 e. The number of furan rings is 1. The third kappa shape index (κ3) is 2.23. The minimum atomic E-state index is -0.284. The molecule has 0 amide bonds. The summed E-state index contributed by atoms with van der Waals surface area (Å²) in [5.74, 6) is 1.07. The monoisotopic (exact) mass is 254 g/mol. The Morgan fingerprint density at radius 1 is 1.05 bits per heavy atom. The van der Waals surface area contributed by atoms with E-state index < -0.39 is 0 Å². The van der Waals surface area contributed by atoms with Crippen molar-refractivity contribution in [3.63, 3.8) is 0 Å². The van der Waals surface area contributed by atoms with Gasteiger partial charge in [0.25, 0.3) is 0 Å². The van der Waals surface area contributed by atoms with Gasteiger partial charge < -0.3 is 4.42 Å². The summed E-state index contributed by atoms with van der Waals surface area (Å²) >= 11 is 0. The van der Waals surface area contributed by atoms with Crippen molar-refractivity contribution in [3.05, 3.63) is 60.1 Å². The molecule has 1 aliphatic rings. The maximum Gasteiger partial charge on any atom is 0.150 e. The molecular weight excluding hydrogens is 236 g/mol. The van der Waals surface area contributed by atoms with Crippen LogP contribution >= 0.6 is 0 Å². The van der Waals surface area contributed by atoms with E-state index in [1.54, 1.807) is 6.26 Å². The molecule has 2 aromatic rings. The van der Waals surface area contributed by atoms with Crippen molar-refractivity contribution in [1.82, 2.24) is 0 Å². The van der Waals surface area contributed by atoms with Gasteiger partial charge in [0.1, 0.15) is 5.76 Å². The van der Waals surface area contributed by atoms with E-state index in [1.807, 2.05) is 30.3 Å². The van der Waals surface area contributed by atoms with Gasteiger partial charge in [-0.3, -0.25) is 4.79 Å². The molecule has 0 saturated heterocycles. The van der Waals surface area contributed by atoms with Crippen LogP contribution in [0, 0.1) is 0 Å². The highest BCUT2D eigenvalue weighted by Gasteiger charge is 2.42. The van der Waals surface area contributed by atoms with Crippen molar-refractivity contribution in [2.45, 2.75) is 37.5 Å². The molecule has 1 heterocycles. The van der Waals surface area contributed by atoms with Gasteiger partial charge in [0.2, 0.25) is 0 Å². The highest BCUT2D eigenvalue weighted by atomic mass is 16.3. The zero-order valence-corrected chi connectivity index (χ0v) is 11.0. The minimum absolute atomic E-state index is 0.284. The first kappa shape index (κ1) is 12.2. The number of carbonyl (C=O) groups excluding carboxylic acids is 1. The van der Waals surface area contributed by atoms with Gasteiger partial charge in [-0.15, -0.1) is 0 Å². The fraction of sp³-hybridized carbons (Fsp3) is 0.353. The van der Waals surface area contributed by atoms with E-state index in [0.29, 0.717) is 12.2 Å². The Hall–Kier alpha value is -1.83. The summed E-state index contributed by atoms with van der Waals surface area (Å²) in [6.45, 7) is 0. The maximum absolute atomic E-state index is 12.8. The molecule has 0 bridgehead atoms. The first-order valence-corrected chi connectivity index (χ1v) is 6.92. The van der Waals surface area contributed by atoms with E-state index in [1.165, 1.54) is 5.56 Å². The smallest absolute Gasteiger partial charge is 0.150 e. The van der Waals surface area contributed by atoms with Gasteiger partial charge in [-0.2, -0.15) is 0 Å². The van der Waals surface area contributed by atoms with Crippen LogP contribution in [0.3, 0.4) is 0 Å². The first-order chi connectivity index (χ1) is 9.31. The molecule has 98 valence electrons. The number of hydrogen-bond acceptors (Lipinski definition) is 2. The summed E-state index contributed by atoms with van der Waals surface area (Å²) in [7, 11) is 0. The van der Waals surface area contributed by atoms with Crippen LogP contribution in [0.15, 0.2) is 53.1 Å². The van der Waals surface area contributed by atoms with E-state index in [2.05, 4.69) is 12.1 Å². The lowest BCUT2D eigenvalue weighted by Gasteiger charge is -2.27. The summed E-state index contributed by atoms with van der Waals surface area (Å²) in [6, 6.07) is 13.9. The van der Waals surface area contributed by atoms with Crippen LogP contribution in [0.4, 0.5) is 0 Å². The van der Waals surface area contributed by atoms with Crippen LogP contribution in [-0.2, 0) is 16.6 Å². The van der Waals surface area contributed by atoms with Crippen LogP contribution in [0.5, 0.6) is 0 Å². The van der Waals surface area contributed by atoms with Crippen molar-refractivity contribution in [3.8, 4) is 0 Å². The quantitative estimate of drug-likeness (QED) is 0.828. The van der Waals surface area contributed by atoms with Crippen LogP contribution in [0.2, 0.25) is 0 Å². The van der Waals surface area contributed by atoms with Gasteiger partial charge in [0.15, 0.2) is 5.78 Å². The summed E-state index contributed by atoms with van der Waals surface area (Å²) in [5, 5.41) is 0. The van der Waals surface area contributed by atoms with Crippen LogP contribution in [0.25, 0.3) is 0 Å². The number of benzene rings is 1. The SMILES string of the molecule is O=C(Cc1ccco1)C1(c2ccccc2)CCCC1. The second-order valence-corrected chi connectivity index (χ2v) is 5.33. The van der Waals surface area contributed by atoms with E-state index in [4.69, 9.17) is 4.42 Å². The van der Waals surface area contributed by atoms with E-state index >= 15 is 0 Å². The molecule has 0 unspecified atom stereocenters. The van der Waals surface area contributed by atoms with Crippen molar-refractivity contribution in [1.29, 1.82) is 0 Å². The predicted octanol–water partition coefficient (Wildman–Crippen LogP) is 3.90. The number of hydrogen-bond donors (Lipinski definition) is 0. The molecule has 19 heavy (non-hydrogen) atoms. The van der Waals surface area contributed by atoms with Crippen molar-refractivity contribution >= 4 is 5.78 Å². The van der Waals surface area contributed by atoms with Gasteiger partial charge in [-0.25, -0.2) is 0 Å². The lowest BCUT2D eigenvalue weighted by atomic mass is 9.74. The molecule has 1 aliphatic carbocycles. The largest absolute Gasteiger partial charge is 0.469 e. The Bertz CT molecular complexity index is 534. The Morgan fingerprint density at radius 3 is 2.42 bits per heavy atom. The maximum atomic E-state index is 12.8. The summed E-state index contributed by atoms with van der Waals surface area (Å²) < 4.78 is 5.32. The Balaban J connectivity index is 1.90. The predicted molar refractivity (Wildman–Crippen MR) is 74.0 cm³/mol. The van der Waals surface area contributed by atoms with Gasteiger partial charge in [-0.1, -0.05) is 43.2 Å². The number of carbonyl (C=O) groups is 1. The lowest BCUT2D eigenvalue weighted by molar-refractivity contribution is -0.124. The average molecular weight is 254 g/mol. The second-order valence-electron chi connectivity index (χ2n) is 5.33. The zero-order chi connectivity index (χ0) is 13.1. The zero-order valence-electron chi connectivity index (χ0n) is 11.0. The molecule has 1 aromatic carbocycles. The average Bonchev–Trinajstić information content (AvgIpc) is 3.11. The molecule has 1 aromatic heterocycles. The van der Waals surface area contributed by atoms with Gasteiger partial charge >= 0.3 is 0 Å². The number of ketones is 1. The summed E-state index contributed by atoms with van der Waals surface area (Å²) in [4.78, 5) is 12.8. The lowest BCUT2D eigenvalue weighted by Crippen LogP contribution is -2.34. The molecule has 0 spiro atoms. The third-order valence-corrected chi connectivity index (χ3v) is 4.23. The van der Waals surface area contributed by atoms with Crippen molar-refractivity contribution in [2.75, 3.05) is 0 Å². The molecule has 2 heteroatoms. The van der Waals surface area contributed by atoms with E-state index in [9.17, 15) is 4.79 Å². The molecule has 0 aliphatic heterocycles. The Morgan fingerprint density at radius 2 is 1.79 bits per heavy atom. The van der Waals surface area contributed by atoms with E-state index in [-0.39, 0.29) is 5.41 Å². The highest BCUT2D eigenvalue weighted by Crippen LogP contribution is 2.42. The normalized spacial score (nSPS) is 17.5. The van der Waals surface area contributed by atoms with Crippen molar-refractivity contribution < 1.29 is 9.21 Å². The van der Waals surface area contributed by atoms with Crippen LogP contribution < -0.4 is 0 Å². The summed E-state index contributed by atoms with van der Waals surface area (Å²) in [5.41, 5.74) is 0.887. The number of Topliss-reactive ketones (excluding diaryl/α,β-unsaturated/α-hetero) is 1. The molecule has 0 radical (unpaired) electrons. The highest BCUT2D eigenvalue weighted by molar-refractivity contribution is 5.91. The fourth-order valence-electron chi connectivity index (χ4n) is 3.20. The molecule has 0 N–H and O–H groups in total. The molecule has 2 nitrogen and oxygen atoms in total. The second kappa shape index (κ2) is 5.04. The van der Waals surface area contributed by atoms with Gasteiger partial charge in [-0.05, 0) is 30.5 Å². The molecular formula is C17H18O2. The topological polar surface area (TPSA) is 30.2 Å². The van der Waals surface area contributed by atoms with Crippen LogP contribution in [-0.4, -0.2) is 5.78 Å². The van der Waals surface area contributed by atoms with Crippen LogP contribution in [0.1, 0.15) is 37.0 Å². The third-order valence-electron chi connectivity index (χ3n) is 4.23. The summed E-state index contributed by atoms with van der Waals surface area (Å²) in [6.07, 6.45) is 6.25. The molecule has 0 atom stereocenters. The van der Waals surface area contributed by atoms with Gasteiger partial charge in [0.05, 0.1) is 18.1 Å². The molecule has 1 fully saturated rings. The molecule has 3 rings (SSSR count). The van der Waals surface area contributed by atoms with Gasteiger partial charge in [0, 0.05) is 0 Å². The van der Waals surface area contributed by atoms with E-state index in [0.717, 1.165) is 31.4 Å². The fourth-order valence-corrected chi connectivity index (χ4v) is 3.20. The standard InChI is InChI=1S/C17H18O2/c18-16(13-15-9-6-12-19-15)17(10-4-5-11-17)14-7-2-1-3-8-14/h1-3,6-9,12H,4-5,10-11,13H2. The van der Waals surface area contributed by atoms with Crippen molar-refractivity contribution in [2.24, 2.45) is 0 Å². The first-order valence-electron chi connectivity index (χ1n) is 6.92.